The fourth-order valence-electron chi connectivity index (χ4n) is 6.31. The van der Waals surface area contributed by atoms with Gasteiger partial charge < -0.3 is 66.8 Å². The van der Waals surface area contributed by atoms with Crippen molar-refractivity contribution in [3.8, 4) is 73.7 Å². The van der Waals surface area contributed by atoms with Crippen molar-refractivity contribution in [3.05, 3.63) is 159 Å². The van der Waals surface area contributed by atoms with Crippen LogP contribution in [0.1, 0.15) is 69.9 Å². The molecule has 5 aromatic rings. The van der Waals surface area contributed by atoms with Crippen LogP contribution in [0.2, 0.25) is 5.02 Å². The van der Waals surface area contributed by atoms with Crippen molar-refractivity contribution in [2.45, 2.75) is 47.7 Å². The van der Waals surface area contributed by atoms with Gasteiger partial charge in [0.1, 0.15) is 28.0 Å². The summed E-state index contributed by atoms with van der Waals surface area (Å²) in [5, 5.41) is 113. The first kappa shape index (κ1) is 59.5. The Morgan fingerprint density at radius 1 is 0.649 bits per heavy atom. The van der Waals surface area contributed by atoms with Gasteiger partial charge in [-0.15, -0.1) is 11.3 Å². The molecule has 1 aliphatic carbocycles. The number of aromatic hydroxyl groups is 11. The molecule has 0 spiro atoms. The van der Waals surface area contributed by atoms with E-state index in [1.807, 2.05) is 6.92 Å². The lowest BCUT2D eigenvalue weighted by Crippen LogP contribution is -2.23. The van der Waals surface area contributed by atoms with E-state index < -0.39 is 0 Å². The average molecular weight is 1210 g/mol. The maximum atomic E-state index is 11.8. The van der Waals surface area contributed by atoms with Crippen LogP contribution in [-0.4, -0.2) is 71.1 Å². The van der Waals surface area contributed by atoms with E-state index in [-0.39, 0.29) is 87.2 Å². The molecule has 0 aromatic heterocycles. The second-order valence-corrected chi connectivity index (χ2v) is 19.8. The van der Waals surface area contributed by atoms with E-state index in [0.717, 1.165) is 0 Å². The van der Waals surface area contributed by atoms with Crippen molar-refractivity contribution in [2.75, 3.05) is 0 Å². The zero-order valence-corrected chi connectivity index (χ0v) is 45.2. The van der Waals surface area contributed by atoms with Crippen LogP contribution >= 0.6 is 79.2 Å². The standard InChI is InChI=1S/C18H18BrNO4S.C17H12BrNO4S.C17H16ClNO4S.CH4/c1-9-14(22)7-12(8-15(9)23)10(2)20-16(25)6-4-11-3-5-13(21)18(24)17(11)19;1-8-6-10-7-19-12(24-17(10)16(23)14(8)21)5-3-9-2-4-11(20)15(22)13(9)18;1-9-13(21)6-10(7-14(9)22)8-19-15(24)5-3-11-2-4-12(20)17(23)16(11)18;/h3-8,10,21-24H,1-2H3,(H,20,25);2-7,20,22-23H,1H3;2-7,20-23H,8H2,1H3,(H,19,24);1H4/b6-4+;2*5-3+;. The molecule has 5 aromatic carbocycles. The van der Waals surface area contributed by atoms with Gasteiger partial charge in [-0.3, -0.25) is 4.79 Å². The summed E-state index contributed by atoms with van der Waals surface area (Å²) in [5.74, 6) is -1.78. The number of aromatic nitrogens is 1. The zero-order chi connectivity index (χ0) is 54.0. The van der Waals surface area contributed by atoms with Gasteiger partial charge in [0.2, 0.25) is 5.43 Å². The van der Waals surface area contributed by atoms with Crippen LogP contribution in [0, 0.1) is 20.8 Å². The number of rotatable bonds is 10. The minimum atomic E-state index is -0.386. The molecule has 0 saturated heterocycles. The molecule has 1 aliphatic heterocycles. The number of phenolic OH excluding ortho intramolecular Hbond substituents is 11. The predicted molar refractivity (Wildman–Crippen MR) is 307 cm³/mol. The largest absolute Gasteiger partial charge is 0.508 e. The molecule has 0 amide bonds. The van der Waals surface area contributed by atoms with E-state index in [0.29, 0.717) is 85.4 Å². The Hall–Kier alpha value is -7.07. The van der Waals surface area contributed by atoms with Crippen LogP contribution in [0.4, 0.5) is 0 Å². The van der Waals surface area contributed by atoms with Gasteiger partial charge in [0, 0.05) is 41.0 Å². The smallest absolute Gasteiger partial charge is 0.224 e. The third kappa shape index (κ3) is 15.0. The molecule has 15 nitrogen and oxygen atoms in total. The Balaban J connectivity index is 0.000000239. The molecule has 388 valence electrons. The number of fused-ring (bicyclic) bond motifs is 1. The molecule has 0 saturated carbocycles. The molecule has 1 heterocycles. The molecular formula is C53H50Br2ClN3O12S3. The van der Waals surface area contributed by atoms with Gasteiger partial charge in [0.05, 0.1) is 28.8 Å². The summed E-state index contributed by atoms with van der Waals surface area (Å²) in [6.07, 6.45) is 11.5. The Bertz CT molecular complexity index is 3320. The Kier molecular flexibility index (Phi) is 21.1. The van der Waals surface area contributed by atoms with E-state index >= 15 is 0 Å². The second kappa shape index (κ2) is 26.2. The van der Waals surface area contributed by atoms with Gasteiger partial charge in [0.25, 0.3) is 0 Å². The molecule has 7 rings (SSSR count). The highest BCUT2D eigenvalue weighted by atomic mass is 79.9. The Labute approximate surface area is 462 Å². The number of hydrogen-bond acceptors (Lipinski definition) is 16. The van der Waals surface area contributed by atoms with E-state index in [2.05, 4.69) is 47.5 Å². The summed E-state index contributed by atoms with van der Waals surface area (Å²) in [4.78, 5) is 17.5. The first-order valence-electron chi connectivity index (χ1n) is 21.3. The van der Waals surface area contributed by atoms with Gasteiger partial charge in [-0.1, -0.05) is 61.7 Å². The molecule has 0 bridgehead atoms. The number of nitrogens with one attached hydrogen (secondary N) is 2. The fourth-order valence-corrected chi connectivity index (χ4v) is 8.73. The molecule has 74 heavy (non-hydrogen) atoms. The topological polar surface area (TPSA) is 277 Å². The van der Waals surface area contributed by atoms with E-state index in [1.165, 1.54) is 29.5 Å². The fraction of sp³-hybridized carbons (Fsp3) is 0.132. The van der Waals surface area contributed by atoms with Crippen molar-refractivity contribution in [3.63, 3.8) is 0 Å². The monoisotopic (exact) mass is 1210 g/mol. The van der Waals surface area contributed by atoms with Crippen molar-refractivity contribution in [1.29, 1.82) is 0 Å². The first-order chi connectivity index (χ1) is 34.4. The number of benzene rings is 6. The SMILES string of the molecule is C.Cc1c(O)cc(C(C)NC(=S)/C=C/c2ccc(O)c(O)c2Br)cc1O.Cc1c(O)cc(CNC(=S)/C=C/c2ccc(O)c(O)c2Cl)cc1O.Cc1cc2cnc(/C=C/c3ccc(O)c(O)c3Br)sc-2c(O)c1=O. The van der Waals surface area contributed by atoms with Gasteiger partial charge in [0.15, 0.2) is 40.2 Å². The predicted octanol–water partition coefficient (Wildman–Crippen LogP) is 12.5. The molecule has 13 N–H and O–H groups in total. The van der Waals surface area contributed by atoms with Crippen LogP contribution in [0.5, 0.6) is 63.2 Å². The highest BCUT2D eigenvalue weighted by molar-refractivity contribution is 9.11. The highest BCUT2D eigenvalue weighted by Crippen LogP contribution is 2.40. The van der Waals surface area contributed by atoms with Gasteiger partial charge in [-0.05, 0) is 172 Å². The second-order valence-electron chi connectivity index (χ2n) is 15.9. The van der Waals surface area contributed by atoms with Crippen molar-refractivity contribution in [1.82, 2.24) is 15.6 Å². The molecular weight excluding hydrogens is 1160 g/mol. The third-order valence-electron chi connectivity index (χ3n) is 10.7. The number of aryl methyl sites for hydroxylation is 1. The maximum absolute atomic E-state index is 11.8. The molecule has 1 unspecified atom stereocenters. The molecule has 0 fully saturated rings. The third-order valence-corrected chi connectivity index (χ3v) is 14.4. The van der Waals surface area contributed by atoms with Crippen molar-refractivity contribution >= 4 is 114 Å². The summed E-state index contributed by atoms with van der Waals surface area (Å²) in [7, 11) is 0. The number of phenols is 11. The van der Waals surface area contributed by atoms with Gasteiger partial charge in [-0.25, -0.2) is 4.98 Å². The van der Waals surface area contributed by atoms with Crippen LogP contribution < -0.4 is 16.1 Å². The minimum absolute atomic E-state index is 0. The summed E-state index contributed by atoms with van der Waals surface area (Å²) < 4.78 is 0.734. The lowest BCUT2D eigenvalue weighted by atomic mass is 10.0. The molecule has 0 radical (unpaired) electrons. The Morgan fingerprint density at radius 3 is 1.68 bits per heavy atom. The maximum Gasteiger partial charge on any atom is 0.224 e. The molecule has 21 heteroatoms. The lowest BCUT2D eigenvalue weighted by molar-refractivity contribution is 0.401. The van der Waals surface area contributed by atoms with Gasteiger partial charge in [-0.2, -0.15) is 0 Å². The number of hydrogen-bond donors (Lipinski definition) is 13. The van der Waals surface area contributed by atoms with Crippen LogP contribution in [-0.2, 0) is 6.54 Å². The van der Waals surface area contributed by atoms with E-state index in [1.54, 1.807) is 112 Å². The molecule has 2 aliphatic rings. The van der Waals surface area contributed by atoms with Crippen molar-refractivity contribution < 1.29 is 56.2 Å². The zero-order valence-electron chi connectivity index (χ0n) is 38.8. The minimum Gasteiger partial charge on any atom is -0.508 e. The average Bonchev–Trinajstić information content (AvgIpc) is 3.35. The number of thiocarbonyl (C=S) groups is 2. The van der Waals surface area contributed by atoms with E-state index in [4.69, 9.17) is 36.0 Å². The number of nitrogens with zero attached hydrogens (tertiary/aromatic N) is 1. The van der Waals surface area contributed by atoms with Crippen LogP contribution in [0.25, 0.3) is 34.7 Å². The van der Waals surface area contributed by atoms with Crippen molar-refractivity contribution in [2.24, 2.45) is 0 Å². The van der Waals surface area contributed by atoms with E-state index in [9.17, 15) is 61.0 Å². The first-order valence-corrected chi connectivity index (χ1v) is 24.9. The van der Waals surface area contributed by atoms with Crippen LogP contribution in [0.3, 0.4) is 0 Å². The molecule has 1 atom stereocenters. The van der Waals surface area contributed by atoms with Crippen LogP contribution in [0.15, 0.2) is 98.8 Å². The summed E-state index contributed by atoms with van der Waals surface area (Å²) >= 11 is 24.0. The normalized spacial score (nSPS) is 11.4. The van der Waals surface area contributed by atoms with Gasteiger partial charge >= 0.3 is 0 Å². The summed E-state index contributed by atoms with van der Waals surface area (Å²) in [6, 6.07) is 16.6. The summed E-state index contributed by atoms with van der Waals surface area (Å²) in [6.45, 7) is 7.07. The lowest BCUT2D eigenvalue weighted by Gasteiger charge is -2.16. The quantitative estimate of drug-likeness (QED) is 0.0344. The Morgan fingerprint density at radius 2 is 1.12 bits per heavy atom. The number of halogens is 3. The summed E-state index contributed by atoms with van der Waals surface area (Å²) in [5.41, 5.74) is 4.81. The highest BCUT2D eigenvalue weighted by Gasteiger charge is 2.16.